The fourth-order valence-electron chi connectivity index (χ4n) is 3.77. The Balaban J connectivity index is 1.63. The van der Waals surface area contributed by atoms with Crippen LogP contribution in [-0.4, -0.2) is 12.6 Å². The Morgan fingerprint density at radius 2 is 1.95 bits per heavy atom. The lowest BCUT2D eigenvalue weighted by Crippen LogP contribution is -2.37. The second-order valence-electron chi connectivity index (χ2n) is 7.35. The van der Waals surface area contributed by atoms with Gasteiger partial charge in [-0.15, -0.1) is 0 Å². The summed E-state index contributed by atoms with van der Waals surface area (Å²) in [6.45, 7) is 8.47. The van der Waals surface area contributed by atoms with E-state index in [4.69, 9.17) is 0 Å². The van der Waals surface area contributed by atoms with Crippen LogP contribution in [0.5, 0.6) is 0 Å². The standard InChI is InChI=1S/C18H33N/c1-4-18(2,3)16-9-11-17(12-10-16)19-14-13-15-7-5-6-8-15/h7,16-17,19H,4-6,8-14H2,1-3H3. The third kappa shape index (κ3) is 4.34. The fourth-order valence-corrected chi connectivity index (χ4v) is 3.77. The Hall–Kier alpha value is -0.300. The van der Waals surface area contributed by atoms with Gasteiger partial charge in [-0.3, -0.25) is 0 Å². The molecule has 2 rings (SSSR count). The van der Waals surface area contributed by atoms with Crippen molar-refractivity contribution in [2.24, 2.45) is 11.3 Å². The lowest BCUT2D eigenvalue weighted by Gasteiger charge is -2.39. The molecule has 0 radical (unpaired) electrons. The number of rotatable bonds is 6. The number of hydrogen-bond donors (Lipinski definition) is 1. The molecule has 0 saturated heterocycles. The molecule has 1 saturated carbocycles. The van der Waals surface area contributed by atoms with E-state index in [0.29, 0.717) is 5.41 Å². The normalized spacial score (nSPS) is 28.5. The molecule has 19 heavy (non-hydrogen) atoms. The minimum absolute atomic E-state index is 0.555. The van der Waals surface area contributed by atoms with Crippen LogP contribution in [0.25, 0.3) is 0 Å². The average Bonchev–Trinajstić information content (AvgIpc) is 2.92. The summed E-state index contributed by atoms with van der Waals surface area (Å²) in [4.78, 5) is 0. The van der Waals surface area contributed by atoms with Gasteiger partial charge >= 0.3 is 0 Å². The summed E-state index contributed by atoms with van der Waals surface area (Å²) in [5.74, 6) is 0.952. The maximum Gasteiger partial charge on any atom is 0.00674 e. The maximum atomic E-state index is 3.80. The van der Waals surface area contributed by atoms with Gasteiger partial charge in [0, 0.05) is 6.04 Å². The molecule has 0 atom stereocenters. The molecule has 0 aliphatic heterocycles. The minimum atomic E-state index is 0.555. The smallest absolute Gasteiger partial charge is 0.00674 e. The molecular weight excluding hydrogens is 230 g/mol. The van der Waals surface area contributed by atoms with Crippen LogP contribution < -0.4 is 5.32 Å². The Bertz CT molecular complexity index is 295. The van der Waals surface area contributed by atoms with Crippen LogP contribution in [0.3, 0.4) is 0 Å². The summed E-state index contributed by atoms with van der Waals surface area (Å²) >= 11 is 0. The van der Waals surface area contributed by atoms with Gasteiger partial charge in [0.05, 0.1) is 0 Å². The highest BCUT2D eigenvalue weighted by Gasteiger charge is 2.31. The van der Waals surface area contributed by atoms with E-state index in [2.05, 4.69) is 32.2 Å². The first kappa shape index (κ1) is 15.1. The third-order valence-corrected chi connectivity index (χ3v) is 5.76. The molecule has 0 heterocycles. The van der Waals surface area contributed by atoms with Crippen LogP contribution in [0.1, 0.15) is 78.6 Å². The lowest BCUT2D eigenvalue weighted by molar-refractivity contribution is 0.137. The molecule has 0 aromatic carbocycles. The van der Waals surface area contributed by atoms with Crippen LogP contribution in [0.4, 0.5) is 0 Å². The largest absolute Gasteiger partial charge is 0.314 e. The Morgan fingerprint density at radius 3 is 2.53 bits per heavy atom. The predicted octanol–water partition coefficient (Wildman–Crippen LogP) is 5.07. The summed E-state index contributed by atoms with van der Waals surface area (Å²) in [6.07, 6.45) is 14.8. The summed E-state index contributed by atoms with van der Waals surface area (Å²) in [6, 6.07) is 0.797. The van der Waals surface area contributed by atoms with Crippen molar-refractivity contribution in [2.45, 2.75) is 84.6 Å². The second-order valence-corrected chi connectivity index (χ2v) is 7.35. The maximum absolute atomic E-state index is 3.80. The fraction of sp³-hybridized carbons (Fsp3) is 0.889. The van der Waals surface area contributed by atoms with Gasteiger partial charge in [0.1, 0.15) is 0 Å². The molecule has 1 N–H and O–H groups in total. The minimum Gasteiger partial charge on any atom is -0.314 e. The SMILES string of the molecule is CCC(C)(C)C1CCC(NCCC2=CCCC2)CC1. The average molecular weight is 263 g/mol. The van der Waals surface area contributed by atoms with Gasteiger partial charge in [0.2, 0.25) is 0 Å². The summed E-state index contributed by atoms with van der Waals surface area (Å²) < 4.78 is 0. The van der Waals surface area contributed by atoms with Crippen LogP contribution in [0, 0.1) is 11.3 Å². The van der Waals surface area contributed by atoms with E-state index in [1.165, 1.54) is 64.3 Å². The zero-order valence-corrected chi connectivity index (χ0v) is 13.3. The van der Waals surface area contributed by atoms with Crippen LogP contribution in [-0.2, 0) is 0 Å². The van der Waals surface area contributed by atoms with Crippen molar-refractivity contribution >= 4 is 0 Å². The van der Waals surface area contributed by atoms with Gasteiger partial charge < -0.3 is 5.32 Å². The molecule has 1 fully saturated rings. The first-order valence-corrected chi connectivity index (χ1v) is 8.53. The van der Waals surface area contributed by atoms with E-state index < -0.39 is 0 Å². The van der Waals surface area contributed by atoms with E-state index >= 15 is 0 Å². The van der Waals surface area contributed by atoms with Gasteiger partial charge in [-0.05, 0) is 69.2 Å². The first-order valence-electron chi connectivity index (χ1n) is 8.53. The first-order chi connectivity index (χ1) is 9.12. The number of hydrogen-bond acceptors (Lipinski definition) is 1. The van der Waals surface area contributed by atoms with Gasteiger partial charge in [0.15, 0.2) is 0 Å². The van der Waals surface area contributed by atoms with Crippen molar-refractivity contribution in [3.05, 3.63) is 11.6 Å². The van der Waals surface area contributed by atoms with Crippen molar-refractivity contribution in [2.75, 3.05) is 6.54 Å². The zero-order valence-electron chi connectivity index (χ0n) is 13.3. The van der Waals surface area contributed by atoms with Gasteiger partial charge in [-0.2, -0.15) is 0 Å². The summed E-state index contributed by atoms with van der Waals surface area (Å²) in [7, 11) is 0. The number of nitrogens with one attached hydrogen (secondary N) is 1. The Morgan fingerprint density at radius 1 is 1.21 bits per heavy atom. The Kier molecular flexibility index (Phi) is 5.50. The summed E-state index contributed by atoms with van der Waals surface area (Å²) in [5.41, 5.74) is 2.26. The van der Waals surface area contributed by atoms with Crippen LogP contribution in [0.2, 0.25) is 0 Å². The molecule has 0 aromatic rings. The van der Waals surface area contributed by atoms with E-state index in [1.807, 2.05) is 0 Å². The molecule has 0 unspecified atom stereocenters. The van der Waals surface area contributed by atoms with Gasteiger partial charge in [-0.1, -0.05) is 38.8 Å². The highest BCUT2D eigenvalue weighted by molar-refractivity contribution is 5.07. The highest BCUT2D eigenvalue weighted by Crippen LogP contribution is 2.40. The topological polar surface area (TPSA) is 12.0 Å². The van der Waals surface area contributed by atoms with Crippen molar-refractivity contribution in [3.63, 3.8) is 0 Å². The molecule has 0 aromatic heterocycles. The molecule has 110 valence electrons. The lowest BCUT2D eigenvalue weighted by atomic mass is 9.69. The molecule has 1 heteroatoms. The van der Waals surface area contributed by atoms with Crippen molar-refractivity contribution < 1.29 is 0 Å². The Labute approximate surface area is 120 Å². The second kappa shape index (κ2) is 6.92. The van der Waals surface area contributed by atoms with E-state index in [0.717, 1.165) is 12.0 Å². The van der Waals surface area contributed by atoms with E-state index in [9.17, 15) is 0 Å². The van der Waals surface area contributed by atoms with Crippen molar-refractivity contribution in [1.82, 2.24) is 5.32 Å². The molecule has 0 spiro atoms. The van der Waals surface area contributed by atoms with Crippen molar-refractivity contribution in [1.29, 1.82) is 0 Å². The van der Waals surface area contributed by atoms with Crippen LogP contribution >= 0.6 is 0 Å². The van der Waals surface area contributed by atoms with E-state index in [1.54, 1.807) is 5.57 Å². The zero-order chi connectivity index (χ0) is 13.7. The molecular formula is C18H33N. The quantitative estimate of drug-likeness (QED) is 0.660. The van der Waals surface area contributed by atoms with Gasteiger partial charge in [0.25, 0.3) is 0 Å². The predicted molar refractivity (Wildman–Crippen MR) is 84.4 cm³/mol. The number of allylic oxidation sites excluding steroid dienone is 1. The third-order valence-electron chi connectivity index (χ3n) is 5.76. The summed E-state index contributed by atoms with van der Waals surface area (Å²) in [5, 5.41) is 3.80. The van der Waals surface area contributed by atoms with Gasteiger partial charge in [-0.25, -0.2) is 0 Å². The molecule has 2 aliphatic rings. The highest BCUT2D eigenvalue weighted by atomic mass is 14.9. The molecule has 0 amide bonds. The van der Waals surface area contributed by atoms with Crippen molar-refractivity contribution in [3.8, 4) is 0 Å². The van der Waals surface area contributed by atoms with Crippen LogP contribution in [0.15, 0.2) is 11.6 Å². The molecule has 1 nitrogen and oxygen atoms in total. The monoisotopic (exact) mass is 263 g/mol. The molecule has 2 aliphatic carbocycles. The molecule has 0 bridgehead atoms. The van der Waals surface area contributed by atoms with E-state index in [-0.39, 0.29) is 0 Å².